The van der Waals surface area contributed by atoms with Crippen molar-refractivity contribution in [2.24, 2.45) is 11.7 Å². The third kappa shape index (κ3) is 5.11. The maximum absolute atomic E-state index is 11.3. The number of nitro groups is 1. The van der Waals surface area contributed by atoms with Crippen molar-refractivity contribution in [1.29, 1.82) is 0 Å². The lowest BCUT2D eigenvalue weighted by molar-refractivity contribution is -0.384. The molecule has 9 heteroatoms. The number of aromatic nitrogens is 2. The third-order valence-corrected chi connectivity index (χ3v) is 4.80. The Morgan fingerprint density at radius 3 is 2.74 bits per heavy atom. The van der Waals surface area contributed by atoms with Crippen LogP contribution in [0, 0.1) is 16.0 Å². The molecule has 3 atom stereocenters. The van der Waals surface area contributed by atoms with Crippen molar-refractivity contribution in [3.8, 4) is 0 Å². The van der Waals surface area contributed by atoms with Gasteiger partial charge in [0.05, 0.1) is 11.0 Å². The summed E-state index contributed by atoms with van der Waals surface area (Å²) in [6.07, 6.45) is 2.85. The van der Waals surface area contributed by atoms with Crippen molar-refractivity contribution in [3.63, 3.8) is 0 Å². The molecule has 0 saturated heterocycles. The van der Waals surface area contributed by atoms with E-state index in [-0.39, 0.29) is 23.5 Å². The van der Waals surface area contributed by atoms with Crippen LogP contribution in [-0.4, -0.2) is 38.7 Å². The molecular formula is C18H24N6O3. The summed E-state index contributed by atoms with van der Waals surface area (Å²) in [4.78, 5) is 19.1. The van der Waals surface area contributed by atoms with Crippen molar-refractivity contribution in [3.05, 3.63) is 52.2 Å². The Bertz CT molecular complexity index is 773. The highest BCUT2D eigenvalue weighted by Crippen LogP contribution is 2.26. The van der Waals surface area contributed by atoms with Gasteiger partial charge in [-0.25, -0.2) is 4.98 Å². The molecule has 1 saturated carbocycles. The van der Waals surface area contributed by atoms with E-state index in [0.29, 0.717) is 25.5 Å². The lowest BCUT2D eigenvalue weighted by Gasteiger charge is -2.30. The Kier molecular flexibility index (Phi) is 6.15. The summed E-state index contributed by atoms with van der Waals surface area (Å²) in [6.45, 7) is 1.00. The first-order valence-corrected chi connectivity index (χ1v) is 8.99. The third-order valence-electron chi connectivity index (χ3n) is 4.80. The molecule has 1 aromatic heterocycles. The SMILES string of the molecule is NC1CCC(CNc2nc(NCc3ccccc3)ncc2[N+](=O)[O-])CC1O. The van der Waals surface area contributed by atoms with Gasteiger partial charge < -0.3 is 21.5 Å². The van der Waals surface area contributed by atoms with Crippen LogP contribution in [0.25, 0.3) is 0 Å². The molecule has 1 aliphatic rings. The zero-order chi connectivity index (χ0) is 19.2. The number of benzene rings is 1. The van der Waals surface area contributed by atoms with Crippen molar-refractivity contribution in [2.45, 2.75) is 38.0 Å². The Labute approximate surface area is 157 Å². The van der Waals surface area contributed by atoms with E-state index >= 15 is 0 Å². The monoisotopic (exact) mass is 372 g/mol. The maximum Gasteiger partial charge on any atom is 0.329 e. The van der Waals surface area contributed by atoms with Gasteiger partial charge in [-0.05, 0) is 30.7 Å². The normalized spacial score (nSPS) is 22.2. The van der Waals surface area contributed by atoms with Gasteiger partial charge in [0.2, 0.25) is 11.8 Å². The topological polar surface area (TPSA) is 139 Å². The van der Waals surface area contributed by atoms with Gasteiger partial charge in [0.1, 0.15) is 6.20 Å². The smallest absolute Gasteiger partial charge is 0.329 e. The molecule has 0 aliphatic heterocycles. The minimum atomic E-state index is -0.533. The number of rotatable bonds is 7. The zero-order valence-electron chi connectivity index (χ0n) is 14.9. The molecule has 9 nitrogen and oxygen atoms in total. The van der Waals surface area contributed by atoms with Crippen LogP contribution in [0.15, 0.2) is 36.5 Å². The van der Waals surface area contributed by atoms with E-state index in [1.165, 1.54) is 6.20 Å². The van der Waals surface area contributed by atoms with Crippen LogP contribution in [0.5, 0.6) is 0 Å². The van der Waals surface area contributed by atoms with E-state index < -0.39 is 11.0 Å². The summed E-state index contributed by atoms with van der Waals surface area (Å²) in [6, 6.07) is 9.55. The molecule has 1 aromatic carbocycles. The molecule has 27 heavy (non-hydrogen) atoms. The molecular weight excluding hydrogens is 348 g/mol. The van der Waals surface area contributed by atoms with Crippen LogP contribution < -0.4 is 16.4 Å². The number of anilines is 2. The number of nitrogens with zero attached hydrogens (tertiary/aromatic N) is 3. The Balaban J connectivity index is 1.65. The highest BCUT2D eigenvalue weighted by molar-refractivity contribution is 5.57. The van der Waals surface area contributed by atoms with Crippen LogP contribution in [0.2, 0.25) is 0 Å². The Morgan fingerprint density at radius 1 is 1.26 bits per heavy atom. The van der Waals surface area contributed by atoms with Gasteiger partial charge in [0.25, 0.3) is 0 Å². The van der Waals surface area contributed by atoms with Crippen LogP contribution >= 0.6 is 0 Å². The first kappa shape index (κ1) is 19.0. The van der Waals surface area contributed by atoms with Gasteiger partial charge in [0.15, 0.2) is 0 Å². The lowest BCUT2D eigenvalue weighted by Crippen LogP contribution is -2.41. The molecule has 3 rings (SSSR count). The van der Waals surface area contributed by atoms with E-state index in [9.17, 15) is 15.2 Å². The molecule has 144 valence electrons. The molecule has 5 N–H and O–H groups in total. The predicted molar refractivity (Wildman–Crippen MR) is 102 cm³/mol. The van der Waals surface area contributed by atoms with Crippen LogP contribution in [0.1, 0.15) is 24.8 Å². The molecule has 3 unspecified atom stereocenters. The van der Waals surface area contributed by atoms with Gasteiger partial charge in [-0.3, -0.25) is 10.1 Å². The quantitative estimate of drug-likeness (QED) is 0.427. The second kappa shape index (κ2) is 8.74. The molecule has 0 spiro atoms. The average molecular weight is 372 g/mol. The van der Waals surface area contributed by atoms with Gasteiger partial charge in [-0.1, -0.05) is 30.3 Å². The summed E-state index contributed by atoms with van der Waals surface area (Å²) >= 11 is 0. The number of hydrogen-bond acceptors (Lipinski definition) is 8. The number of hydrogen-bond donors (Lipinski definition) is 4. The standard InChI is InChI=1S/C18H24N6O3/c19-14-7-6-13(8-16(14)25)10-20-17-15(24(26)27)11-22-18(23-17)21-9-12-4-2-1-3-5-12/h1-5,11,13-14,16,25H,6-10,19H2,(H2,20,21,22,23). The molecule has 0 amide bonds. The van der Waals surface area contributed by atoms with Gasteiger partial charge >= 0.3 is 5.69 Å². The average Bonchev–Trinajstić information content (AvgIpc) is 2.68. The van der Waals surface area contributed by atoms with Crippen molar-refractivity contribution in [2.75, 3.05) is 17.2 Å². The van der Waals surface area contributed by atoms with Gasteiger partial charge in [-0.15, -0.1) is 0 Å². The molecule has 1 heterocycles. The summed E-state index contributed by atoms with van der Waals surface area (Å²) in [5.41, 5.74) is 6.71. The summed E-state index contributed by atoms with van der Waals surface area (Å²) < 4.78 is 0. The van der Waals surface area contributed by atoms with Crippen molar-refractivity contribution < 1.29 is 10.0 Å². The maximum atomic E-state index is 11.3. The van der Waals surface area contributed by atoms with Crippen LogP contribution in [-0.2, 0) is 6.54 Å². The minimum absolute atomic E-state index is 0.173. The number of nitrogens with two attached hydrogens (primary N) is 1. The molecule has 1 aliphatic carbocycles. The number of aliphatic hydroxyl groups is 1. The van der Waals surface area contributed by atoms with Gasteiger partial charge in [-0.2, -0.15) is 4.98 Å². The molecule has 0 bridgehead atoms. The highest BCUT2D eigenvalue weighted by Gasteiger charge is 2.27. The van der Waals surface area contributed by atoms with Crippen molar-refractivity contribution in [1.82, 2.24) is 9.97 Å². The van der Waals surface area contributed by atoms with E-state index in [0.717, 1.165) is 18.4 Å². The number of aliphatic hydroxyl groups excluding tert-OH is 1. The summed E-state index contributed by atoms with van der Waals surface area (Å²) in [5, 5.41) is 27.3. The lowest BCUT2D eigenvalue weighted by atomic mass is 9.84. The first-order valence-electron chi connectivity index (χ1n) is 8.99. The number of nitrogens with one attached hydrogen (secondary N) is 2. The minimum Gasteiger partial charge on any atom is -0.392 e. The second-order valence-electron chi connectivity index (χ2n) is 6.81. The Morgan fingerprint density at radius 2 is 2.04 bits per heavy atom. The fraction of sp³-hybridized carbons (Fsp3) is 0.444. The largest absolute Gasteiger partial charge is 0.392 e. The second-order valence-corrected chi connectivity index (χ2v) is 6.81. The van der Waals surface area contributed by atoms with Crippen LogP contribution in [0.3, 0.4) is 0 Å². The predicted octanol–water partition coefficient (Wildman–Crippen LogP) is 1.90. The zero-order valence-corrected chi connectivity index (χ0v) is 14.9. The van der Waals surface area contributed by atoms with Crippen LogP contribution in [0.4, 0.5) is 17.5 Å². The summed E-state index contributed by atoms with van der Waals surface area (Å²) in [5.74, 6) is 0.683. The first-order chi connectivity index (χ1) is 13.0. The van der Waals surface area contributed by atoms with E-state index in [2.05, 4.69) is 20.6 Å². The van der Waals surface area contributed by atoms with E-state index in [4.69, 9.17) is 5.73 Å². The highest BCUT2D eigenvalue weighted by atomic mass is 16.6. The molecule has 2 aromatic rings. The van der Waals surface area contributed by atoms with E-state index in [1.807, 2.05) is 30.3 Å². The summed E-state index contributed by atoms with van der Waals surface area (Å²) in [7, 11) is 0. The van der Waals surface area contributed by atoms with Gasteiger partial charge in [0, 0.05) is 19.1 Å². The molecule has 1 fully saturated rings. The fourth-order valence-corrected chi connectivity index (χ4v) is 3.18. The molecule has 0 radical (unpaired) electrons. The Hall–Kier alpha value is -2.78. The van der Waals surface area contributed by atoms with E-state index in [1.54, 1.807) is 0 Å². The fourth-order valence-electron chi connectivity index (χ4n) is 3.18. The van der Waals surface area contributed by atoms with Crippen molar-refractivity contribution >= 4 is 17.5 Å².